The van der Waals surface area contributed by atoms with Crippen LogP contribution in [0.4, 0.5) is 0 Å². The topological polar surface area (TPSA) is 86.9 Å². The normalized spacial score (nSPS) is 22.7. The van der Waals surface area contributed by atoms with Crippen molar-refractivity contribution >= 4 is 11.8 Å². The van der Waals surface area contributed by atoms with Crippen molar-refractivity contribution in [3.05, 3.63) is 35.4 Å². The second kappa shape index (κ2) is 6.85. The zero-order valence-electron chi connectivity index (χ0n) is 16.9. The standard InChI is InChI=1S/C22H31N3O3/c1-21(2,28)16-5-3-15(4-6-16)19(26)25(17-7-8-17)18-9-13-24(14-10-18)22(11-12-22)20(23)27/h3-6,17-18,28H,7-14H2,1-2H3,(H2,23,27). The van der Waals surface area contributed by atoms with E-state index in [9.17, 15) is 14.7 Å². The summed E-state index contributed by atoms with van der Waals surface area (Å²) in [7, 11) is 0. The Kier molecular flexibility index (Phi) is 4.74. The van der Waals surface area contributed by atoms with Crippen molar-refractivity contribution < 1.29 is 14.7 Å². The molecule has 2 aliphatic carbocycles. The first kappa shape index (κ1) is 19.4. The molecule has 0 bridgehead atoms. The Morgan fingerprint density at radius 3 is 2.04 bits per heavy atom. The Morgan fingerprint density at radius 2 is 1.61 bits per heavy atom. The van der Waals surface area contributed by atoms with Crippen molar-refractivity contribution in [2.75, 3.05) is 13.1 Å². The summed E-state index contributed by atoms with van der Waals surface area (Å²) in [4.78, 5) is 29.4. The summed E-state index contributed by atoms with van der Waals surface area (Å²) in [5.41, 5.74) is 5.78. The van der Waals surface area contributed by atoms with Crippen LogP contribution in [0, 0.1) is 0 Å². The number of carbonyl (C=O) groups is 2. The van der Waals surface area contributed by atoms with Gasteiger partial charge in [0.05, 0.1) is 5.60 Å². The number of nitrogens with two attached hydrogens (primary N) is 1. The highest BCUT2D eigenvalue weighted by Crippen LogP contribution is 2.43. The van der Waals surface area contributed by atoms with E-state index in [4.69, 9.17) is 5.73 Å². The molecule has 1 aliphatic heterocycles. The average molecular weight is 386 g/mol. The van der Waals surface area contributed by atoms with Gasteiger partial charge in [-0.1, -0.05) is 12.1 Å². The van der Waals surface area contributed by atoms with Crippen LogP contribution >= 0.6 is 0 Å². The van der Waals surface area contributed by atoms with Crippen LogP contribution in [0.5, 0.6) is 0 Å². The van der Waals surface area contributed by atoms with Crippen LogP contribution < -0.4 is 5.73 Å². The number of likely N-dealkylation sites (tertiary alicyclic amines) is 1. The van der Waals surface area contributed by atoms with Crippen molar-refractivity contribution in [2.24, 2.45) is 5.73 Å². The minimum absolute atomic E-state index is 0.0827. The molecule has 3 N–H and O–H groups in total. The monoisotopic (exact) mass is 385 g/mol. The first-order valence-corrected chi connectivity index (χ1v) is 10.4. The largest absolute Gasteiger partial charge is 0.386 e. The summed E-state index contributed by atoms with van der Waals surface area (Å²) >= 11 is 0. The highest BCUT2D eigenvalue weighted by molar-refractivity contribution is 5.95. The first-order valence-electron chi connectivity index (χ1n) is 10.4. The lowest BCUT2D eigenvalue weighted by Crippen LogP contribution is -2.54. The van der Waals surface area contributed by atoms with E-state index in [1.807, 2.05) is 24.3 Å². The van der Waals surface area contributed by atoms with Crippen molar-refractivity contribution in [2.45, 2.75) is 75.6 Å². The fourth-order valence-electron chi connectivity index (χ4n) is 4.56. The molecular formula is C22H31N3O3. The molecular weight excluding hydrogens is 354 g/mol. The SMILES string of the molecule is CC(C)(O)c1ccc(C(=O)N(C2CC2)C2CCN(C3(C(N)=O)CC3)CC2)cc1. The van der Waals surface area contributed by atoms with E-state index in [1.165, 1.54) is 0 Å². The molecule has 4 rings (SSSR count). The van der Waals surface area contributed by atoms with Crippen molar-refractivity contribution in [1.29, 1.82) is 0 Å². The molecule has 1 aromatic rings. The molecule has 0 aromatic heterocycles. The van der Waals surface area contributed by atoms with Gasteiger partial charge in [-0.3, -0.25) is 14.5 Å². The van der Waals surface area contributed by atoms with Gasteiger partial charge in [-0.25, -0.2) is 0 Å². The van der Waals surface area contributed by atoms with Crippen LogP contribution in [0.3, 0.4) is 0 Å². The molecule has 3 aliphatic rings. The number of piperidine rings is 1. The van der Waals surface area contributed by atoms with Crippen LogP contribution in [0.15, 0.2) is 24.3 Å². The fraction of sp³-hybridized carbons (Fsp3) is 0.636. The zero-order chi connectivity index (χ0) is 20.1. The molecule has 0 unspecified atom stereocenters. The molecule has 1 aromatic carbocycles. The summed E-state index contributed by atoms with van der Waals surface area (Å²) in [6, 6.07) is 7.88. The minimum Gasteiger partial charge on any atom is -0.386 e. The van der Waals surface area contributed by atoms with Gasteiger partial charge in [0.25, 0.3) is 5.91 Å². The van der Waals surface area contributed by atoms with E-state index in [2.05, 4.69) is 9.80 Å². The maximum absolute atomic E-state index is 13.3. The number of rotatable bonds is 6. The minimum atomic E-state index is -0.913. The second-order valence-corrected chi connectivity index (χ2v) is 9.19. The third-order valence-corrected chi connectivity index (χ3v) is 6.66. The molecule has 6 heteroatoms. The Morgan fingerprint density at radius 1 is 1.07 bits per heavy atom. The third-order valence-electron chi connectivity index (χ3n) is 6.66. The van der Waals surface area contributed by atoms with Crippen molar-refractivity contribution in [1.82, 2.24) is 9.80 Å². The van der Waals surface area contributed by atoms with E-state index in [1.54, 1.807) is 13.8 Å². The maximum atomic E-state index is 13.3. The van der Waals surface area contributed by atoms with Gasteiger partial charge >= 0.3 is 0 Å². The molecule has 0 spiro atoms. The van der Waals surface area contributed by atoms with Gasteiger partial charge in [0, 0.05) is 30.7 Å². The van der Waals surface area contributed by atoms with Gasteiger partial charge in [-0.15, -0.1) is 0 Å². The van der Waals surface area contributed by atoms with Crippen LogP contribution in [-0.2, 0) is 10.4 Å². The predicted molar refractivity (Wildman–Crippen MR) is 107 cm³/mol. The smallest absolute Gasteiger partial charge is 0.254 e. The lowest BCUT2D eigenvalue weighted by molar-refractivity contribution is -0.125. The van der Waals surface area contributed by atoms with Gasteiger partial charge in [-0.2, -0.15) is 0 Å². The van der Waals surface area contributed by atoms with E-state index < -0.39 is 11.1 Å². The number of primary amides is 1. The summed E-state index contributed by atoms with van der Waals surface area (Å²) in [6.45, 7) is 5.13. The highest BCUT2D eigenvalue weighted by Gasteiger charge is 2.54. The number of hydrogen-bond donors (Lipinski definition) is 2. The molecule has 6 nitrogen and oxygen atoms in total. The van der Waals surface area contributed by atoms with E-state index in [0.29, 0.717) is 11.6 Å². The van der Waals surface area contributed by atoms with Gasteiger partial charge in [0.15, 0.2) is 0 Å². The summed E-state index contributed by atoms with van der Waals surface area (Å²) < 4.78 is 0. The predicted octanol–water partition coefficient (Wildman–Crippen LogP) is 2.00. The van der Waals surface area contributed by atoms with Gasteiger partial charge in [0.2, 0.25) is 5.91 Å². The summed E-state index contributed by atoms with van der Waals surface area (Å²) in [5, 5.41) is 10.1. The van der Waals surface area contributed by atoms with Crippen LogP contribution in [-0.4, -0.2) is 57.4 Å². The Labute approximate surface area is 166 Å². The third kappa shape index (κ3) is 3.55. The van der Waals surface area contributed by atoms with E-state index >= 15 is 0 Å². The zero-order valence-corrected chi connectivity index (χ0v) is 16.9. The molecule has 1 heterocycles. The summed E-state index contributed by atoms with van der Waals surface area (Å²) in [5.74, 6) is -0.118. The van der Waals surface area contributed by atoms with E-state index in [0.717, 1.165) is 57.2 Å². The lowest BCUT2D eigenvalue weighted by atomic mass is 9.96. The highest BCUT2D eigenvalue weighted by atomic mass is 16.3. The van der Waals surface area contributed by atoms with Gasteiger partial charge in [-0.05, 0) is 70.1 Å². The fourth-order valence-corrected chi connectivity index (χ4v) is 4.56. The molecule has 0 atom stereocenters. The maximum Gasteiger partial charge on any atom is 0.254 e. The van der Waals surface area contributed by atoms with Crippen molar-refractivity contribution in [3.63, 3.8) is 0 Å². The van der Waals surface area contributed by atoms with E-state index in [-0.39, 0.29) is 17.9 Å². The second-order valence-electron chi connectivity index (χ2n) is 9.19. The number of aliphatic hydroxyl groups is 1. The Balaban J connectivity index is 1.45. The molecule has 28 heavy (non-hydrogen) atoms. The van der Waals surface area contributed by atoms with Crippen LogP contribution in [0.2, 0.25) is 0 Å². The van der Waals surface area contributed by atoms with Gasteiger partial charge < -0.3 is 15.7 Å². The molecule has 3 fully saturated rings. The molecule has 1 saturated heterocycles. The molecule has 152 valence electrons. The average Bonchev–Trinajstić information content (AvgIpc) is 3.55. The van der Waals surface area contributed by atoms with Crippen molar-refractivity contribution in [3.8, 4) is 0 Å². The first-order chi connectivity index (χ1) is 13.2. The van der Waals surface area contributed by atoms with Gasteiger partial charge in [0.1, 0.15) is 5.54 Å². The number of nitrogens with zero attached hydrogens (tertiary/aromatic N) is 2. The number of carbonyl (C=O) groups excluding carboxylic acids is 2. The van der Waals surface area contributed by atoms with Crippen LogP contribution in [0.25, 0.3) is 0 Å². The quantitative estimate of drug-likeness (QED) is 0.784. The Hall–Kier alpha value is -1.92. The van der Waals surface area contributed by atoms with Crippen LogP contribution in [0.1, 0.15) is 68.3 Å². The number of hydrogen-bond acceptors (Lipinski definition) is 4. The number of amides is 2. The number of benzene rings is 1. The lowest BCUT2D eigenvalue weighted by Gasteiger charge is -2.41. The molecule has 2 saturated carbocycles. The summed E-state index contributed by atoms with van der Waals surface area (Å²) in [6.07, 6.45) is 5.65. The molecule has 2 amide bonds. The Bertz CT molecular complexity index is 752. The molecule has 0 radical (unpaired) electrons.